The van der Waals surface area contributed by atoms with Crippen molar-refractivity contribution in [3.63, 3.8) is 0 Å². The molecular weight excluding hydrogens is 454 g/mol. The number of rotatable bonds is 7. The molecular formula is C25H26ClN5OS. The minimum atomic E-state index is -0.0961. The SMILES string of the molecule is Cc1nn(-c2nc(CC(=O)Nc3ccc(N(C)C)cc3)cs2)c(C)c1Cc1ccc(Cl)cc1. The van der Waals surface area contributed by atoms with Gasteiger partial charge in [0.2, 0.25) is 11.0 Å². The van der Waals surface area contributed by atoms with E-state index in [1.54, 1.807) is 0 Å². The van der Waals surface area contributed by atoms with Crippen molar-refractivity contribution in [2.75, 3.05) is 24.3 Å². The molecule has 0 radical (unpaired) electrons. The predicted molar refractivity (Wildman–Crippen MR) is 136 cm³/mol. The van der Waals surface area contributed by atoms with Crippen molar-refractivity contribution in [2.45, 2.75) is 26.7 Å². The number of hydrogen-bond acceptors (Lipinski definition) is 5. The number of aryl methyl sites for hydroxylation is 1. The van der Waals surface area contributed by atoms with Crippen LogP contribution in [-0.2, 0) is 17.6 Å². The number of aromatic nitrogens is 3. The Morgan fingerprint density at radius 1 is 1.09 bits per heavy atom. The molecule has 0 spiro atoms. The van der Waals surface area contributed by atoms with Gasteiger partial charge in [-0.2, -0.15) is 5.10 Å². The third-order valence-corrected chi connectivity index (χ3v) is 6.58. The summed E-state index contributed by atoms with van der Waals surface area (Å²) < 4.78 is 1.87. The zero-order valence-electron chi connectivity index (χ0n) is 19.1. The molecule has 33 heavy (non-hydrogen) atoms. The van der Waals surface area contributed by atoms with Crippen LogP contribution in [0.25, 0.3) is 5.13 Å². The van der Waals surface area contributed by atoms with Gasteiger partial charge in [-0.3, -0.25) is 4.79 Å². The first-order chi connectivity index (χ1) is 15.8. The highest BCUT2D eigenvalue weighted by atomic mass is 35.5. The summed E-state index contributed by atoms with van der Waals surface area (Å²) in [6.07, 6.45) is 0.991. The van der Waals surface area contributed by atoms with E-state index in [4.69, 9.17) is 16.7 Å². The molecule has 1 amide bonds. The van der Waals surface area contributed by atoms with Crippen molar-refractivity contribution in [1.29, 1.82) is 0 Å². The van der Waals surface area contributed by atoms with Crippen LogP contribution in [0.2, 0.25) is 5.02 Å². The maximum absolute atomic E-state index is 12.5. The van der Waals surface area contributed by atoms with Crippen molar-refractivity contribution in [1.82, 2.24) is 14.8 Å². The number of nitrogens with one attached hydrogen (secondary N) is 1. The van der Waals surface area contributed by atoms with Crippen LogP contribution in [0.1, 0.15) is 28.2 Å². The van der Waals surface area contributed by atoms with Crippen LogP contribution in [0.3, 0.4) is 0 Å². The molecule has 1 N–H and O–H groups in total. The third-order valence-electron chi connectivity index (χ3n) is 5.47. The summed E-state index contributed by atoms with van der Waals surface area (Å²) in [6, 6.07) is 15.6. The van der Waals surface area contributed by atoms with E-state index in [9.17, 15) is 4.79 Å². The number of anilines is 2. The first kappa shape index (κ1) is 23.0. The zero-order chi connectivity index (χ0) is 23.5. The van der Waals surface area contributed by atoms with E-state index >= 15 is 0 Å². The van der Waals surface area contributed by atoms with Crippen LogP contribution in [0.4, 0.5) is 11.4 Å². The molecule has 0 aliphatic heterocycles. The van der Waals surface area contributed by atoms with Gasteiger partial charge in [0.15, 0.2) is 0 Å². The molecule has 0 saturated heterocycles. The normalized spacial score (nSPS) is 10.9. The average Bonchev–Trinajstić information content (AvgIpc) is 3.35. The number of halogens is 1. The summed E-state index contributed by atoms with van der Waals surface area (Å²) in [6.45, 7) is 4.06. The van der Waals surface area contributed by atoms with Gasteiger partial charge in [0, 0.05) is 53.6 Å². The molecule has 2 aromatic heterocycles. The van der Waals surface area contributed by atoms with E-state index in [0.29, 0.717) is 0 Å². The Hall–Kier alpha value is -3.16. The molecule has 0 bridgehead atoms. The fourth-order valence-corrected chi connectivity index (χ4v) is 4.56. The lowest BCUT2D eigenvalue weighted by Crippen LogP contribution is -2.15. The van der Waals surface area contributed by atoms with Crippen LogP contribution in [0.5, 0.6) is 0 Å². The molecule has 8 heteroatoms. The minimum absolute atomic E-state index is 0.0961. The highest BCUT2D eigenvalue weighted by Gasteiger charge is 2.16. The largest absolute Gasteiger partial charge is 0.378 e. The van der Waals surface area contributed by atoms with Crippen LogP contribution in [0.15, 0.2) is 53.9 Å². The quantitative estimate of drug-likeness (QED) is 0.383. The van der Waals surface area contributed by atoms with Crippen molar-refractivity contribution in [3.8, 4) is 5.13 Å². The molecule has 0 saturated carbocycles. The second-order valence-electron chi connectivity index (χ2n) is 8.15. The average molecular weight is 480 g/mol. The second-order valence-corrected chi connectivity index (χ2v) is 9.43. The maximum Gasteiger partial charge on any atom is 0.230 e. The smallest absolute Gasteiger partial charge is 0.230 e. The summed E-state index contributed by atoms with van der Waals surface area (Å²) in [5.41, 5.74) is 6.95. The van der Waals surface area contributed by atoms with Crippen molar-refractivity contribution < 1.29 is 4.79 Å². The van der Waals surface area contributed by atoms with E-state index in [1.807, 2.05) is 84.5 Å². The topological polar surface area (TPSA) is 63.1 Å². The fraction of sp³-hybridized carbons (Fsp3) is 0.240. The Labute approximate surface area is 202 Å². The summed E-state index contributed by atoms with van der Waals surface area (Å²) in [5.74, 6) is -0.0961. The summed E-state index contributed by atoms with van der Waals surface area (Å²) in [5, 5.41) is 11.1. The van der Waals surface area contributed by atoms with E-state index in [2.05, 4.69) is 17.2 Å². The fourth-order valence-electron chi connectivity index (χ4n) is 3.61. The lowest BCUT2D eigenvalue weighted by molar-refractivity contribution is -0.115. The third kappa shape index (κ3) is 5.43. The Morgan fingerprint density at radius 2 is 1.79 bits per heavy atom. The number of thiazole rings is 1. The van der Waals surface area contributed by atoms with E-state index in [1.165, 1.54) is 22.5 Å². The minimum Gasteiger partial charge on any atom is -0.378 e. The van der Waals surface area contributed by atoms with Crippen LogP contribution in [0, 0.1) is 13.8 Å². The van der Waals surface area contributed by atoms with Crippen molar-refractivity contribution >= 4 is 40.2 Å². The number of amides is 1. The summed E-state index contributed by atoms with van der Waals surface area (Å²) in [4.78, 5) is 19.2. The Kier molecular flexibility index (Phi) is 6.81. The molecule has 4 aromatic rings. The summed E-state index contributed by atoms with van der Waals surface area (Å²) >= 11 is 7.50. The molecule has 0 aliphatic rings. The number of benzene rings is 2. The lowest BCUT2D eigenvalue weighted by atomic mass is 10.0. The van der Waals surface area contributed by atoms with Crippen LogP contribution < -0.4 is 10.2 Å². The summed E-state index contributed by atoms with van der Waals surface area (Å²) in [7, 11) is 3.97. The van der Waals surface area contributed by atoms with Crippen LogP contribution >= 0.6 is 22.9 Å². The standard InChI is InChI=1S/C25H26ClN5OS/c1-16-23(13-18-5-7-19(26)8-6-18)17(2)31(29-16)25-28-21(15-33-25)14-24(32)27-20-9-11-22(12-10-20)30(3)4/h5-12,15H,13-14H2,1-4H3,(H,27,32). The van der Waals surface area contributed by atoms with Gasteiger partial charge in [-0.1, -0.05) is 23.7 Å². The Bertz CT molecular complexity index is 1260. The highest BCUT2D eigenvalue weighted by molar-refractivity contribution is 7.12. The molecule has 0 fully saturated rings. The number of carbonyl (C=O) groups is 1. The van der Waals surface area contributed by atoms with Gasteiger partial charge in [-0.05, 0) is 55.8 Å². The molecule has 2 aromatic carbocycles. The van der Waals surface area contributed by atoms with E-state index in [0.717, 1.165) is 45.0 Å². The molecule has 0 aliphatic carbocycles. The molecule has 170 valence electrons. The zero-order valence-corrected chi connectivity index (χ0v) is 20.7. The first-order valence-corrected chi connectivity index (χ1v) is 11.9. The molecule has 6 nitrogen and oxygen atoms in total. The number of carbonyl (C=O) groups excluding carboxylic acids is 1. The molecule has 0 unspecified atom stereocenters. The van der Waals surface area contributed by atoms with Gasteiger partial charge in [0.25, 0.3) is 0 Å². The van der Waals surface area contributed by atoms with E-state index in [-0.39, 0.29) is 12.3 Å². The predicted octanol–water partition coefficient (Wildman–Crippen LogP) is 5.44. The maximum atomic E-state index is 12.5. The molecule has 2 heterocycles. The van der Waals surface area contributed by atoms with Gasteiger partial charge in [-0.15, -0.1) is 11.3 Å². The van der Waals surface area contributed by atoms with Gasteiger partial charge in [-0.25, -0.2) is 9.67 Å². The number of nitrogens with zero attached hydrogens (tertiary/aromatic N) is 4. The lowest BCUT2D eigenvalue weighted by Gasteiger charge is -2.12. The van der Waals surface area contributed by atoms with Gasteiger partial charge >= 0.3 is 0 Å². The molecule has 4 rings (SSSR count). The first-order valence-electron chi connectivity index (χ1n) is 10.6. The van der Waals surface area contributed by atoms with Gasteiger partial charge < -0.3 is 10.2 Å². The van der Waals surface area contributed by atoms with Crippen molar-refractivity contribution in [3.05, 3.63) is 87.1 Å². The van der Waals surface area contributed by atoms with Gasteiger partial charge in [0.05, 0.1) is 17.8 Å². The highest BCUT2D eigenvalue weighted by Crippen LogP contribution is 2.24. The van der Waals surface area contributed by atoms with Crippen molar-refractivity contribution in [2.24, 2.45) is 0 Å². The molecule has 0 atom stereocenters. The second kappa shape index (κ2) is 9.77. The van der Waals surface area contributed by atoms with Crippen LogP contribution in [-0.4, -0.2) is 34.8 Å². The van der Waals surface area contributed by atoms with E-state index < -0.39 is 0 Å². The Morgan fingerprint density at radius 3 is 2.45 bits per heavy atom. The monoisotopic (exact) mass is 479 g/mol. The van der Waals surface area contributed by atoms with Gasteiger partial charge in [0.1, 0.15) is 0 Å². The number of hydrogen-bond donors (Lipinski definition) is 1. The Balaban J connectivity index is 1.44.